The maximum absolute atomic E-state index is 4.55. The fraction of sp³-hybridized carbons (Fsp3) is 0.692. The fourth-order valence-electron chi connectivity index (χ4n) is 1.71. The van der Waals surface area contributed by atoms with Crippen molar-refractivity contribution in [2.24, 2.45) is 0 Å². The van der Waals surface area contributed by atoms with Gasteiger partial charge in [-0.2, -0.15) is 4.98 Å². The smallest absolute Gasteiger partial charge is 0.224 e. The lowest BCUT2D eigenvalue weighted by atomic mass is 10.3. The van der Waals surface area contributed by atoms with Gasteiger partial charge in [0.15, 0.2) is 0 Å². The molecule has 0 fully saturated rings. The molecule has 0 aliphatic carbocycles. The van der Waals surface area contributed by atoms with Crippen molar-refractivity contribution in [1.29, 1.82) is 0 Å². The van der Waals surface area contributed by atoms with Gasteiger partial charge in [0.1, 0.15) is 5.82 Å². The maximum atomic E-state index is 4.55. The summed E-state index contributed by atoms with van der Waals surface area (Å²) in [5.74, 6) is 1.74. The van der Waals surface area contributed by atoms with Crippen LogP contribution in [0, 0.1) is 0 Å². The first-order valence-electron chi connectivity index (χ1n) is 6.52. The molecule has 1 rings (SSSR count). The summed E-state index contributed by atoms with van der Waals surface area (Å²) < 4.78 is 0. The highest BCUT2D eigenvalue weighted by Crippen LogP contribution is 2.15. The van der Waals surface area contributed by atoms with Gasteiger partial charge in [0, 0.05) is 25.3 Å². The SMILES string of the molecule is CCCNc1nccc(N(CCC)C(C)C)n1. The Kier molecular flexibility index (Phi) is 5.73. The summed E-state index contributed by atoms with van der Waals surface area (Å²) in [6.45, 7) is 10.6. The molecule has 0 saturated heterocycles. The van der Waals surface area contributed by atoms with Crippen molar-refractivity contribution < 1.29 is 0 Å². The Hall–Kier alpha value is -1.32. The number of nitrogens with one attached hydrogen (secondary N) is 1. The van der Waals surface area contributed by atoms with E-state index in [0.717, 1.165) is 37.7 Å². The van der Waals surface area contributed by atoms with Crippen LogP contribution in [0.15, 0.2) is 12.3 Å². The van der Waals surface area contributed by atoms with Gasteiger partial charge < -0.3 is 10.2 Å². The minimum Gasteiger partial charge on any atom is -0.354 e. The summed E-state index contributed by atoms with van der Waals surface area (Å²) in [6, 6.07) is 2.44. The van der Waals surface area contributed by atoms with Crippen LogP contribution < -0.4 is 10.2 Å². The largest absolute Gasteiger partial charge is 0.354 e. The van der Waals surface area contributed by atoms with Crippen molar-refractivity contribution in [1.82, 2.24) is 9.97 Å². The van der Waals surface area contributed by atoms with Crippen LogP contribution in [-0.2, 0) is 0 Å². The van der Waals surface area contributed by atoms with Gasteiger partial charge in [-0.1, -0.05) is 13.8 Å². The van der Waals surface area contributed by atoms with Crippen LogP contribution in [0.5, 0.6) is 0 Å². The van der Waals surface area contributed by atoms with E-state index >= 15 is 0 Å². The van der Waals surface area contributed by atoms with Crippen molar-refractivity contribution in [3.63, 3.8) is 0 Å². The standard InChI is InChI=1S/C13H24N4/c1-5-8-14-13-15-9-7-12(16-13)17(10-6-2)11(3)4/h7,9,11H,5-6,8,10H2,1-4H3,(H,14,15,16). The molecule has 1 aromatic heterocycles. The van der Waals surface area contributed by atoms with Gasteiger partial charge in [0.05, 0.1) is 0 Å². The lowest BCUT2D eigenvalue weighted by Gasteiger charge is -2.27. The van der Waals surface area contributed by atoms with Crippen molar-refractivity contribution in [2.45, 2.75) is 46.6 Å². The molecule has 96 valence electrons. The van der Waals surface area contributed by atoms with E-state index < -0.39 is 0 Å². The third-order valence-corrected chi connectivity index (χ3v) is 2.56. The van der Waals surface area contributed by atoms with Crippen LogP contribution in [0.1, 0.15) is 40.5 Å². The summed E-state index contributed by atoms with van der Waals surface area (Å²) in [4.78, 5) is 11.1. The molecule has 0 amide bonds. The van der Waals surface area contributed by atoms with Gasteiger partial charge in [-0.25, -0.2) is 4.98 Å². The number of nitrogens with zero attached hydrogens (tertiary/aromatic N) is 3. The first kappa shape index (κ1) is 13.7. The van der Waals surface area contributed by atoms with Crippen LogP contribution in [0.4, 0.5) is 11.8 Å². The average Bonchev–Trinajstić information content (AvgIpc) is 2.33. The van der Waals surface area contributed by atoms with Crippen LogP contribution in [-0.4, -0.2) is 29.1 Å². The first-order valence-corrected chi connectivity index (χ1v) is 6.52. The molecule has 0 spiro atoms. The van der Waals surface area contributed by atoms with E-state index in [9.17, 15) is 0 Å². The average molecular weight is 236 g/mol. The zero-order valence-electron chi connectivity index (χ0n) is 11.4. The molecule has 1 aromatic rings. The molecule has 0 aliphatic heterocycles. The van der Waals surface area contributed by atoms with Gasteiger partial charge >= 0.3 is 0 Å². The Morgan fingerprint density at radius 1 is 1.29 bits per heavy atom. The zero-order chi connectivity index (χ0) is 12.7. The van der Waals surface area contributed by atoms with Crippen LogP contribution in [0.3, 0.4) is 0 Å². The number of hydrogen-bond donors (Lipinski definition) is 1. The molecule has 4 nitrogen and oxygen atoms in total. The molecule has 0 radical (unpaired) electrons. The highest BCUT2D eigenvalue weighted by molar-refractivity contribution is 5.43. The van der Waals surface area contributed by atoms with E-state index in [-0.39, 0.29) is 0 Å². The molecule has 1 N–H and O–H groups in total. The molecule has 4 heteroatoms. The summed E-state index contributed by atoms with van der Waals surface area (Å²) in [5.41, 5.74) is 0. The van der Waals surface area contributed by atoms with Crippen molar-refractivity contribution in [3.05, 3.63) is 12.3 Å². The third kappa shape index (κ3) is 4.21. The Balaban J connectivity index is 2.80. The number of aromatic nitrogens is 2. The quantitative estimate of drug-likeness (QED) is 0.790. The highest BCUT2D eigenvalue weighted by atomic mass is 15.2. The van der Waals surface area contributed by atoms with E-state index in [1.165, 1.54) is 0 Å². The van der Waals surface area contributed by atoms with Gasteiger partial charge in [0.2, 0.25) is 5.95 Å². The second-order valence-corrected chi connectivity index (χ2v) is 4.45. The van der Waals surface area contributed by atoms with Crippen molar-refractivity contribution in [2.75, 3.05) is 23.3 Å². The van der Waals surface area contributed by atoms with Crippen LogP contribution in [0.25, 0.3) is 0 Å². The normalized spacial score (nSPS) is 10.6. The third-order valence-electron chi connectivity index (χ3n) is 2.56. The Morgan fingerprint density at radius 3 is 2.65 bits per heavy atom. The van der Waals surface area contributed by atoms with E-state index in [1.54, 1.807) is 0 Å². The molecule has 0 unspecified atom stereocenters. The maximum Gasteiger partial charge on any atom is 0.224 e. The Labute approximate surface area is 104 Å². The predicted octanol–water partition coefficient (Wildman–Crippen LogP) is 2.92. The molecule has 0 aromatic carbocycles. The van der Waals surface area contributed by atoms with Crippen molar-refractivity contribution in [3.8, 4) is 0 Å². The van der Waals surface area contributed by atoms with E-state index in [2.05, 4.69) is 47.9 Å². The predicted molar refractivity (Wildman–Crippen MR) is 73.6 cm³/mol. The molecule has 0 bridgehead atoms. The molecule has 0 saturated carbocycles. The van der Waals surface area contributed by atoms with Gasteiger partial charge in [-0.05, 0) is 32.8 Å². The topological polar surface area (TPSA) is 41.1 Å². The minimum atomic E-state index is 0.462. The Morgan fingerprint density at radius 2 is 2.06 bits per heavy atom. The van der Waals surface area contributed by atoms with Crippen molar-refractivity contribution >= 4 is 11.8 Å². The van der Waals surface area contributed by atoms with Gasteiger partial charge in [-0.15, -0.1) is 0 Å². The lowest BCUT2D eigenvalue weighted by molar-refractivity contribution is 0.661. The molecule has 0 aliphatic rings. The molecule has 1 heterocycles. The lowest BCUT2D eigenvalue weighted by Crippen LogP contribution is -2.32. The van der Waals surface area contributed by atoms with E-state index in [4.69, 9.17) is 0 Å². The summed E-state index contributed by atoms with van der Waals surface area (Å²) in [7, 11) is 0. The summed E-state index contributed by atoms with van der Waals surface area (Å²) >= 11 is 0. The summed E-state index contributed by atoms with van der Waals surface area (Å²) in [5, 5.41) is 3.22. The zero-order valence-corrected chi connectivity index (χ0v) is 11.4. The number of anilines is 2. The first-order chi connectivity index (χ1) is 8.19. The summed E-state index contributed by atoms with van der Waals surface area (Å²) in [6.07, 6.45) is 4.03. The van der Waals surface area contributed by atoms with Gasteiger partial charge in [0.25, 0.3) is 0 Å². The molecular weight excluding hydrogens is 212 g/mol. The number of hydrogen-bond acceptors (Lipinski definition) is 4. The second kappa shape index (κ2) is 7.09. The Bertz CT molecular complexity index is 325. The van der Waals surface area contributed by atoms with E-state index in [0.29, 0.717) is 6.04 Å². The molecule has 0 atom stereocenters. The highest BCUT2D eigenvalue weighted by Gasteiger charge is 2.11. The van der Waals surface area contributed by atoms with Gasteiger partial charge in [-0.3, -0.25) is 0 Å². The molecular formula is C13H24N4. The van der Waals surface area contributed by atoms with Crippen LogP contribution in [0.2, 0.25) is 0 Å². The monoisotopic (exact) mass is 236 g/mol. The van der Waals surface area contributed by atoms with E-state index in [1.807, 2.05) is 12.3 Å². The minimum absolute atomic E-state index is 0.462. The van der Waals surface area contributed by atoms with Crippen LogP contribution >= 0.6 is 0 Å². The number of rotatable bonds is 7. The second-order valence-electron chi connectivity index (χ2n) is 4.45. The fourth-order valence-corrected chi connectivity index (χ4v) is 1.71. The molecule has 17 heavy (non-hydrogen) atoms.